The molecule has 0 aromatic heterocycles. The Balaban J connectivity index is 1.87. The van der Waals surface area contributed by atoms with Gasteiger partial charge in [0, 0.05) is 0 Å². The van der Waals surface area contributed by atoms with E-state index < -0.39 is 11.9 Å². The number of thiocarbonyl (C=S) groups is 1. The minimum absolute atomic E-state index is 0.0731. The van der Waals surface area contributed by atoms with Gasteiger partial charge in [-0.25, -0.2) is 9.59 Å². The number of methoxy groups -OCH3 is 1. The number of esters is 1. The minimum Gasteiger partial charge on any atom is -0.478 e. The summed E-state index contributed by atoms with van der Waals surface area (Å²) in [5.41, 5.74) is 1.61. The van der Waals surface area contributed by atoms with Crippen LogP contribution in [-0.4, -0.2) is 34.4 Å². The average Bonchev–Trinajstić information content (AvgIpc) is 2.95. The van der Waals surface area contributed by atoms with Gasteiger partial charge < -0.3 is 9.84 Å². The van der Waals surface area contributed by atoms with E-state index in [1.54, 1.807) is 42.5 Å². The highest BCUT2D eigenvalue weighted by molar-refractivity contribution is 8.27. The fraction of sp³-hybridized carbons (Fsp3) is 0.0526. The van der Waals surface area contributed by atoms with Crippen molar-refractivity contribution in [2.75, 3.05) is 12.0 Å². The second-order valence-electron chi connectivity index (χ2n) is 5.49. The molecule has 2 aromatic rings. The topological polar surface area (TPSA) is 83.9 Å². The summed E-state index contributed by atoms with van der Waals surface area (Å²) in [5.74, 6) is -1.85. The predicted octanol–water partition coefficient (Wildman–Crippen LogP) is 3.58. The van der Waals surface area contributed by atoms with Gasteiger partial charge in [-0.3, -0.25) is 9.69 Å². The van der Waals surface area contributed by atoms with Crippen LogP contribution >= 0.6 is 24.0 Å². The fourth-order valence-corrected chi connectivity index (χ4v) is 3.75. The summed E-state index contributed by atoms with van der Waals surface area (Å²) in [5, 5.41) is 9.12. The number of benzene rings is 2. The number of carbonyl (C=O) groups is 3. The number of amides is 1. The van der Waals surface area contributed by atoms with Gasteiger partial charge in [-0.2, -0.15) is 0 Å². The number of carboxylic acids is 1. The summed E-state index contributed by atoms with van der Waals surface area (Å²) < 4.78 is 4.97. The zero-order valence-electron chi connectivity index (χ0n) is 14.0. The first-order valence-corrected chi connectivity index (χ1v) is 8.93. The standard InChI is InChI=1S/C19H13NO5S2/c1-25-18(24)12-7-5-11(6-8-12)9-15-16(21)20(19(26)27-15)14-4-2-3-13(10-14)17(22)23/h2-10H,1H3,(H,22,23)/b15-9-. The first-order valence-electron chi connectivity index (χ1n) is 7.70. The Morgan fingerprint density at radius 2 is 1.85 bits per heavy atom. The Morgan fingerprint density at radius 3 is 2.48 bits per heavy atom. The SMILES string of the molecule is COC(=O)c1ccc(/C=C2\SC(=S)N(c3cccc(C(=O)O)c3)C2=O)cc1. The molecule has 1 aliphatic rings. The average molecular weight is 399 g/mol. The van der Waals surface area contributed by atoms with Crippen molar-refractivity contribution in [2.24, 2.45) is 0 Å². The maximum atomic E-state index is 12.8. The fourth-order valence-electron chi connectivity index (χ4n) is 2.45. The van der Waals surface area contributed by atoms with Gasteiger partial charge in [0.05, 0.1) is 28.8 Å². The molecular formula is C19H13NO5S2. The van der Waals surface area contributed by atoms with Gasteiger partial charge in [0.15, 0.2) is 4.32 Å². The highest BCUT2D eigenvalue weighted by Crippen LogP contribution is 2.36. The molecule has 0 aliphatic carbocycles. The van der Waals surface area contributed by atoms with E-state index in [4.69, 9.17) is 17.3 Å². The maximum absolute atomic E-state index is 12.8. The van der Waals surface area contributed by atoms with Gasteiger partial charge in [0.25, 0.3) is 5.91 Å². The normalized spacial score (nSPS) is 15.3. The van der Waals surface area contributed by atoms with Crippen LogP contribution in [0.2, 0.25) is 0 Å². The van der Waals surface area contributed by atoms with Crippen LogP contribution in [0.5, 0.6) is 0 Å². The number of hydrogen-bond acceptors (Lipinski definition) is 6. The van der Waals surface area contributed by atoms with E-state index in [0.717, 1.165) is 17.3 Å². The van der Waals surface area contributed by atoms with Gasteiger partial charge in [0.1, 0.15) is 0 Å². The third kappa shape index (κ3) is 3.91. The summed E-state index contributed by atoms with van der Waals surface area (Å²) >= 11 is 6.42. The summed E-state index contributed by atoms with van der Waals surface area (Å²) in [6.07, 6.45) is 1.67. The van der Waals surface area contributed by atoms with Gasteiger partial charge in [0.2, 0.25) is 0 Å². The zero-order valence-corrected chi connectivity index (χ0v) is 15.7. The molecule has 8 heteroatoms. The number of rotatable bonds is 4. The van der Waals surface area contributed by atoms with Crippen molar-refractivity contribution in [2.45, 2.75) is 0 Å². The van der Waals surface area contributed by atoms with Crippen molar-refractivity contribution in [3.63, 3.8) is 0 Å². The van der Waals surface area contributed by atoms with E-state index in [1.807, 2.05) is 0 Å². The smallest absolute Gasteiger partial charge is 0.337 e. The van der Waals surface area contributed by atoms with E-state index in [1.165, 1.54) is 24.1 Å². The van der Waals surface area contributed by atoms with Gasteiger partial charge in [-0.15, -0.1) is 0 Å². The summed E-state index contributed by atoms with van der Waals surface area (Å²) in [4.78, 5) is 37.1. The number of ether oxygens (including phenoxy) is 1. The lowest BCUT2D eigenvalue weighted by atomic mass is 10.1. The number of carbonyl (C=O) groups excluding carboxylic acids is 2. The molecule has 1 amide bonds. The van der Waals surface area contributed by atoms with Crippen LogP contribution in [0.1, 0.15) is 26.3 Å². The van der Waals surface area contributed by atoms with Gasteiger partial charge >= 0.3 is 11.9 Å². The van der Waals surface area contributed by atoms with Crippen LogP contribution in [-0.2, 0) is 9.53 Å². The third-order valence-corrected chi connectivity index (χ3v) is 5.08. The molecule has 3 rings (SSSR count). The van der Waals surface area contributed by atoms with E-state index >= 15 is 0 Å². The van der Waals surface area contributed by atoms with Crippen LogP contribution in [0.3, 0.4) is 0 Å². The van der Waals surface area contributed by atoms with Crippen molar-refractivity contribution in [1.29, 1.82) is 0 Å². The van der Waals surface area contributed by atoms with E-state index in [0.29, 0.717) is 20.5 Å². The third-order valence-electron chi connectivity index (χ3n) is 3.77. The van der Waals surface area contributed by atoms with E-state index in [-0.39, 0.29) is 11.5 Å². The van der Waals surface area contributed by atoms with E-state index in [2.05, 4.69) is 4.74 Å². The van der Waals surface area contributed by atoms with Crippen LogP contribution < -0.4 is 4.90 Å². The molecule has 0 bridgehead atoms. The Bertz CT molecular complexity index is 982. The molecule has 0 unspecified atom stereocenters. The van der Waals surface area contributed by atoms with Crippen molar-refractivity contribution in [1.82, 2.24) is 0 Å². The first-order chi connectivity index (χ1) is 12.9. The molecule has 1 saturated heterocycles. The van der Waals surface area contributed by atoms with Gasteiger partial charge in [-0.1, -0.05) is 42.2 Å². The van der Waals surface area contributed by atoms with Crippen LogP contribution in [0.4, 0.5) is 5.69 Å². The van der Waals surface area contributed by atoms with Crippen LogP contribution in [0.25, 0.3) is 6.08 Å². The number of thioether (sulfide) groups is 1. The molecule has 0 atom stereocenters. The van der Waals surface area contributed by atoms with E-state index in [9.17, 15) is 14.4 Å². The molecule has 27 heavy (non-hydrogen) atoms. The molecular weight excluding hydrogens is 386 g/mol. The van der Waals surface area contributed by atoms with Gasteiger partial charge in [-0.05, 0) is 42.0 Å². The molecule has 2 aromatic carbocycles. The second-order valence-corrected chi connectivity index (χ2v) is 7.16. The van der Waals surface area contributed by atoms with Crippen LogP contribution in [0.15, 0.2) is 53.4 Å². The van der Waals surface area contributed by atoms with Crippen molar-refractivity contribution >= 4 is 57.9 Å². The Kier molecular flexibility index (Phi) is 5.38. The number of anilines is 1. The van der Waals surface area contributed by atoms with Crippen molar-refractivity contribution < 1.29 is 24.2 Å². The largest absolute Gasteiger partial charge is 0.478 e. The molecule has 0 saturated carbocycles. The Hall–Kier alpha value is -2.97. The molecule has 136 valence electrons. The lowest BCUT2D eigenvalue weighted by Gasteiger charge is -2.14. The monoisotopic (exact) mass is 399 g/mol. The summed E-state index contributed by atoms with van der Waals surface area (Å²) in [7, 11) is 1.31. The number of nitrogens with zero attached hydrogens (tertiary/aromatic N) is 1. The summed E-state index contributed by atoms with van der Waals surface area (Å²) in [6.45, 7) is 0. The summed E-state index contributed by atoms with van der Waals surface area (Å²) in [6, 6.07) is 12.7. The second kappa shape index (κ2) is 7.73. The lowest BCUT2D eigenvalue weighted by molar-refractivity contribution is -0.113. The molecule has 0 spiro atoms. The van der Waals surface area contributed by atoms with Crippen molar-refractivity contribution in [3.8, 4) is 0 Å². The van der Waals surface area contributed by atoms with Crippen LogP contribution in [0, 0.1) is 0 Å². The zero-order chi connectivity index (χ0) is 19.6. The van der Waals surface area contributed by atoms with Crippen molar-refractivity contribution in [3.05, 3.63) is 70.1 Å². The Labute approximate surface area is 164 Å². The minimum atomic E-state index is -1.08. The predicted molar refractivity (Wildman–Crippen MR) is 107 cm³/mol. The molecule has 1 heterocycles. The molecule has 0 radical (unpaired) electrons. The molecule has 1 fully saturated rings. The Morgan fingerprint density at radius 1 is 1.15 bits per heavy atom. The lowest BCUT2D eigenvalue weighted by Crippen LogP contribution is -2.27. The highest BCUT2D eigenvalue weighted by atomic mass is 32.2. The number of aromatic carboxylic acids is 1. The molecule has 1 N–H and O–H groups in total. The quantitative estimate of drug-likeness (QED) is 0.478. The number of carboxylic acid groups (broad SMARTS) is 1. The maximum Gasteiger partial charge on any atom is 0.337 e. The number of hydrogen-bond donors (Lipinski definition) is 1. The molecule has 6 nitrogen and oxygen atoms in total. The highest BCUT2D eigenvalue weighted by Gasteiger charge is 2.33. The molecule has 1 aliphatic heterocycles. The first kappa shape index (κ1) is 18.8.